The maximum atomic E-state index is 13.9. The molecule has 1 aromatic rings. The van der Waals surface area contributed by atoms with Gasteiger partial charge in [0.05, 0.1) is 0 Å². The summed E-state index contributed by atoms with van der Waals surface area (Å²) in [6.07, 6.45) is 5.53. The highest BCUT2D eigenvalue weighted by Gasteiger charge is 2.22. The van der Waals surface area contributed by atoms with Gasteiger partial charge in [0.2, 0.25) is 0 Å². The second-order valence-electron chi connectivity index (χ2n) is 5.32. The third kappa shape index (κ3) is 2.82. The summed E-state index contributed by atoms with van der Waals surface area (Å²) in [4.78, 5) is 0. The molecule has 100 valence electrons. The largest absolute Gasteiger partial charge is 0.378 e. The van der Waals surface area contributed by atoms with Crippen molar-refractivity contribution in [3.05, 3.63) is 29.3 Å². The van der Waals surface area contributed by atoms with Gasteiger partial charge in [0.25, 0.3) is 0 Å². The number of rotatable bonds is 3. The molecule has 0 aliphatic heterocycles. The number of aryl methyl sites for hydroxylation is 1. The van der Waals surface area contributed by atoms with Crippen LogP contribution in [0.25, 0.3) is 0 Å². The highest BCUT2D eigenvalue weighted by molar-refractivity contribution is 5.49. The molecule has 18 heavy (non-hydrogen) atoms. The Morgan fingerprint density at radius 3 is 2.44 bits per heavy atom. The van der Waals surface area contributed by atoms with E-state index in [4.69, 9.17) is 0 Å². The molecule has 0 saturated heterocycles. The van der Waals surface area contributed by atoms with E-state index in [-0.39, 0.29) is 11.7 Å². The fourth-order valence-corrected chi connectivity index (χ4v) is 2.71. The molecule has 1 saturated carbocycles. The lowest BCUT2D eigenvalue weighted by molar-refractivity contribution is 0.329. The number of hydrogen-bond acceptors (Lipinski definition) is 1. The minimum atomic E-state index is -0.490. The molecule has 1 aliphatic carbocycles. The van der Waals surface area contributed by atoms with E-state index in [9.17, 15) is 8.78 Å². The summed E-state index contributed by atoms with van der Waals surface area (Å²) in [7, 11) is 0. The van der Waals surface area contributed by atoms with Gasteiger partial charge >= 0.3 is 0 Å². The molecule has 0 amide bonds. The highest BCUT2D eigenvalue weighted by atomic mass is 19.1. The fourth-order valence-electron chi connectivity index (χ4n) is 2.71. The molecule has 0 spiro atoms. The molecule has 0 aromatic heterocycles. The summed E-state index contributed by atoms with van der Waals surface area (Å²) >= 11 is 0. The molecule has 2 rings (SSSR count). The summed E-state index contributed by atoms with van der Waals surface area (Å²) in [5.74, 6) is -0.154. The summed E-state index contributed by atoms with van der Waals surface area (Å²) in [5, 5.41) is 3.05. The van der Waals surface area contributed by atoms with Crippen molar-refractivity contribution in [3.8, 4) is 0 Å². The Bertz CT molecular complexity index is 409. The van der Waals surface area contributed by atoms with Crippen LogP contribution in [0.4, 0.5) is 14.5 Å². The molecule has 0 radical (unpaired) electrons. The van der Waals surface area contributed by atoms with Crippen LogP contribution in [0.1, 0.15) is 44.6 Å². The Morgan fingerprint density at radius 2 is 1.83 bits per heavy atom. The van der Waals surface area contributed by atoms with E-state index in [2.05, 4.69) is 12.2 Å². The Balaban J connectivity index is 2.04. The second kappa shape index (κ2) is 5.68. The normalized spacial score (nSPS) is 24.0. The van der Waals surface area contributed by atoms with Crippen molar-refractivity contribution < 1.29 is 8.78 Å². The van der Waals surface area contributed by atoms with E-state index in [0.29, 0.717) is 5.56 Å². The average molecular weight is 253 g/mol. The minimum Gasteiger partial charge on any atom is -0.378 e. The van der Waals surface area contributed by atoms with Crippen molar-refractivity contribution in [1.82, 2.24) is 0 Å². The van der Waals surface area contributed by atoms with Crippen LogP contribution in [0, 0.1) is 24.5 Å². The third-order valence-electron chi connectivity index (χ3n) is 4.06. The van der Waals surface area contributed by atoms with Crippen LogP contribution in [-0.4, -0.2) is 6.04 Å². The van der Waals surface area contributed by atoms with Crippen LogP contribution in [0.15, 0.2) is 12.1 Å². The zero-order chi connectivity index (χ0) is 13.1. The number of nitrogens with one attached hydrogen (secondary N) is 1. The monoisotopic (exact) mass is 253 g/mol. The molecule has 1 nitrogen and oxygen atoms in total. The fraction of sp³-hybridized carbons (Fsp3) is 0.600. The Morgan fingerprint density at radius 1 is 1.17 bits per heavy atom. The highest BCUT2D eigenvalue weighted by Crippen LogP contribution is 2.30. The predicted molar refractivity (Wildman–Crippen MR) is 70.8 cm³/mol. The van der Waals surface area contributed by atoms with Crippen molar-refractivity contribution >= 4 is 5.69 Å². The SMILES string of the molecule is CCC1CCC(Nc2c(F)ccc(C)c2F)CC1. The van der Waals surface area contributed by atoms with Crippen LogP contribution in [-0.2, 0) is 0 Å². The lowest BCUT2D eigenvalue weighted by Gasteiger charge is -2.29. The van der Waals surface area contributed by atoms with Gasteiger partial charge < -0.3 is 5.32 Å². The first-order valence-electron chi connectivity index (χ1n) is 6.83. The van der Waals surface area contributed by atoms with Crippen molar-refractivity contribution in [1.29, 1.82) is 0 Å². The van der Waals surface area contributed by atoms with Crippen molar-refractivity contribution in [2.75, 3.05) is 5.32 Å². The van der Waals surface area contributed by atoms with E-state index in [0.717, 1.165) is 31.6 Å². The molecule has 0 unspecified atom stereocenters. The first-order chi connectivity index (χ1) is 8.61. The van der Waals surface area contributed by atoms with Crippen LogP contribution in [0.2, 0.25) is 0 Å². The van der Waals surface area contributed by atoms with Crippen LogP contribution in [0.3, 0.4) is 0 Å². The minimum absolute atomic E-state index is 0.0509. The van der Waals surface area contributed by atoms with Crippen LogP contribution < -0.4 is 5.32 Å². The standard InChI is InChI=1S/C15H21F2N/c1-3-11-5-7-12(8-6-11)18-15-13(16)9-4-10(2)14(15)17/h4,9,11-12,18H,3,5-8H2,1-2H3. The summed E-state index contributed by atoms with van der Waals surface area (Å²) in [6, 6.07) is 3.01. The van der Waals surface area contributed by atoms with Gasteiger partial charge in [-0.25, -0.2) is 8.78 Å². The summed E-state index contributed by atoms with van der Waals surface area (Å²) in [5.41, 5.74) is 0.538. The topological polar surface area (TPSA) is 12.0 Å². The van der Waals surface area contributed by atoms with Gasteiger partial charge in [-0.15, -0.1) is 0 Å². The zero-order valence-electron chi connectivity index (χ0n) is 11.1. The predicted octanol–water partition coefficient (Wildman–Crippen LogP) is 4.65. The Hall–Kier alpha value is -1.12. The van der Waals surface area contributed by atoms with E-state index in [1.165, 1.54) is 18.6 Å². The number of hydrogen-bond donors (Lipinski definition) is 1. The molecule has 0 heterocycles. The maximum Gasteiger partial charge on any atom is 0.152 e. The number of halogens is 2. The van der Waals surface area contributed by atoms with Gasteiger partial charge in [-0.2, -0.15) is 0 Å². The molecule has 1 aromatic carbocycles. The smallest absolute Gasteiger partial charge is 0.152 e. The first-order valence-corrected chi connectivity index (χ1v) is 6.83. The molecule has 1 aliphatic rings. The molecular weight excluding hydrogens is 232 g/mol. The van der Waals surface area contributed by atoms with E-state index >= 15 is 0 Å². The maximum absolute atomic E-state index is 13.9. The van der Waals surface area contributed by atoms with Gasteiger partial charge in [0, 0.05) is 6.04 Å². The molecule has 3 heteroatoms. The zero-order valence-corrected chi connectivity index (χ0v) is 11.1. The molecule has 0 bridgehead atoms. The van der Waals surface area contributed by atoms with Gasteiger partial charge in [-0.05, 0) is 50.2 Å². The van der Waals surface area contributed by atoms with Gasteiger partial charge in [0.1, 0.15) is 11.5 Å². The van der Waals surface area contributed by atoms with Crippen molar-refractivity contribution in [2.45, 2.75) is 52.0 Å². The van der Waals surface area contributed by atoms with E-state index in [1.54, 1.807) is 6.92 Å². The van der Waals surface area contributed by atoms with Crippen LogP contribution >= 0.6 is 0 Å². The summed E-state index contributed by atoms with van der Waals surface area (Å²) < 4.78 is 27.5. The number of anilines is 1. The quantitative estimate of drug-likeness (QED) is 0.826. The molecular formula is C15H21F2N. The summed E-state index contributed by atoms with van der Waals surface area (Å²) in [6.45, 7) is 3.87. The van der Waals surface area contributed by atoms with Gasteiger partial charge in [0.15, 0.2) is 5.82 Å². The van der Waals surface area contributed by atoms with E-state index in [1.807, 2.05) is 0 Å². The molecule has 1 N–H and O–H groups in total. The van der Waals surface area contributed by atoms with Gasteiger partial charge in [-0.1, -0.05) is 19.4 Å². The lowest BCUT2D eigenvalue weighted by atomic mass is 9.84. The number of benzene rings is 1. The van der Waals surface area contributed by atoms with Gasteiger partial charge in [-0.3, -0.25) is 0 Å². The second-order valence-corrected chi connectivity index (χ2v) is 5.32. The van der Waals surface area contributed by atoms with E-state index < -0.39 is 11.6 Å². The Kier molecular flexibility index (Phi) is 4.20. The van der Waals surface area contributed by atoms with Crippen LogP contribution in [0.5, 0.6) is 0 Å². The molecule has 1 fully saturated rings. The third-order valence-corrected chi connectivity index (χ3v) is 4.06. The average Bonchev–Trinajstić information content (AvgIpc) is 2.40. The Labute approximate surface area is 108 Å². The first kappa shape index (κ1) is 13.3. The van der Waals surface area contributed by atoms with Crippen molar-refractivity contribution in [3.63, 3.8) is 0 Å². The lowest BCUT2D eigenvalue weighted by Crippen LogP contribution is -2.27. The van der Waals surface area contributed by atoms with Crippen molar-refractivity contribution in [2.24, 2.45) is 5.92 Å². The molecule has 0 atom stereocenters.